The van der Waals surface area contributed by atoms with Crippen LogP contribution in [0.3, 0.4) is 0 Å². The second-order valence-corrected chi connectivity index (χ2v) is 6.14. The third-order valence-corrected chi connectivity index (χ3v) is 4.71. The van der Waals surface area contributed by atoms with Crippen LogP contribution in [0.25, 0.3) is 0 Å². The Morgan fingerprint density at radius 1 is 1.05 bits per heavy atom. The molecule has 1 N–H and O–H groups in total. The first-order valence-electron chi connectivity index (χ1n) is 7.74. The second-order valence-electron chi connectivity index (χ2n) is 6.14. The summed E-state index contributed by atoms with van der Waals surface area (Å²) in [5, 5.41) is 3.42. The minimum absolute atomic E-state index is 0.663. The maximum absolute atomic E-state index is 4.96. The van der Waals surface area contributed by atoms with Crippen molar-refractivity contribution in [2.45, 2.75) is 43.9 Å². The van der Waals surface area contributed by atoms with Crippen molar-refractivity contribution in [3.63, 3.8) is 0 Å². The van der Waals surface area contributed by atoms with Crippen molar-refractivity contribution in [3.8, 4) is 0 Å². The molecule has 2 aliphatic carbocycles. The zero-order valence-electron chi connectivity index (χ0n) is 11.4. The van der Waals surface area contributed by atoms with Gasteiger partial charge in [-0.25, -0.2) is 9.97 Å². The van der Waals surface area contributed by atoms with Crippen molar-refractivity contribution >= 4 is 5.69 Å². The molecule has 2 saturated carbocycles. The fourth-order valence-corrected chi connectivity index (χ4v) is 3.07. The van der Waals surface area contributed by atoms with E-state index < -0.39 is 0 Å². The molecule has 2 heterocycles. The molecule has 4 nitrogen and oxygen atoms in total. The normalized spacial score (nSPS) is 24.3. The van der Waals surface area contributed by atoms with Crippen molar-refractivity contribution in [1.82, 2.24) is 15.3 Å². The molecule has 1 aromatic rings. The van der Waals surface area contributed by atoms with Gasteiger partial charge in [0.15, 0.2) is 0 Å². The lowest BCUT2D eigenvalue weighted by Gasteiger charge is -2.34. The van der Waals surface area contributed by atoms with E-state index in [1.54, 1.807) is 0 Å². The van der Waals surface area contributed by atoms with Gasteiger partial charge in [-0.3, -0.25) is 0 Å². The van der Waals surface area contributed by atoms with E-state index in [4.69, 9.17) is 4.98 Å². The zero-order chi connectivity index (χ0) is 12.7. The standard InChI is InChI=1S/C15H22N4/c1-2-11(3-1)14-13(19-8-6-16-7-9-19)10-17-15(18-14)12-4-5-12/h10-12,16H,1-9H2. The molecule has 0 bridgehead atoms. The van der Waals surface area contributed by atoms with Crippen LogP contribution in [0.1, 0.15) is 55.5 Å². The van der Waals surface area contributed by atoms with E-state index in [0.717, 1.165) is 32.0 Å². The van der Waals surface area contributed by atoms with E-state index >= 15 is 0 Å². The first kappa shape index (κ1) is 11.6. The summed E-state index contributed by atoms with van der Waals surface area (Å²) in [4.78, 5) is 12.1. The lowest BCUT2D eigenvalue weighted by Crippen LogP contribution is -2.44. The number of nitrogens with one attached hydrogen (secondary N) is 1. The Morgan fingerprint density at radius 3 is 2.47 bits per heavy atom. The first-order chi connectivity index (χ1) is 9.42. The number of aromatic nitrogens is 2. The van der Waals surface area contributed by atoms with Crippen LogP contribution in [0, 0.1) is 0 Å². The van der Waals surface area contributed by atoms with Crippen LogP contribution in [-0.4, -0.2) is 36.1 Å². The van der Waals surface area contributed by atoms with Crippen molar-refractivity contribution in [2.24, 2.45) is 0 Å². The predicted octanol–water partition coefficient (Wildman–Crippen LogP) is 2.03. The summed E-state index contributed by atoms with van der Waals surface area (Å²) in [6.07, 6.45) is 8.70. The Hall–Kier alpha value is -1.16. The zero-order valence-corrected chi connectivity index (χ0v) is 11.4. The lowest BCUT2D eigenvalue weighted by molar-refractivity contribution is 0.408. The molecule has 1 aromatic heterocycles. The molecule has 1 saturated heterocycles. The van der Waals surface area contributed by atoms with Crippen molar-refractivity contribution in [3.05, 3.63) is 17.7 Å². The molecule has 102 valence electrons. The maximum Gasteiger partial charge on any atom is 0.131 e. The maximum atomic E-state index is 4.96. The molecule has 3 aliphatic rings. The molecule has 0 aromatic carbocycles. The van der Waals surface area contributed by atoms with Gasteiger partial charge in [0.2, 0.25) is 0 Å². The van der Waals surface area contributed by atoms with E-state index in [0.29, 0.717) is 11.8 Å². The van der Waals surface area contributed by atoms with E-state index in [2.05, 4.69) is 21.4 Å². The summed E-state index contributed by atoms with van der Waals surface area (Å²) in [6.45, 7) is 4.33. The highest BCUT2D eigenvalue weighted by atomic mass is 15.2. The van der Waals surface area contributed by atoms with Crippen LogP contribution < -0.4 is 10.2 Å². The van der Waals surface area contributed by atoms with Crippen LogP contribution in [0.15, 0.2) is 6.20 Å². The first-order valence-corrected chi connectivity index (χ1v) is 7.74. The van der Waals surface area contributed by atoms with Crippen molar-refractivity contribution in [2.75, 3.05) is 31.1 Å². The fourth-order valence-electron chi connectivity index (χ4n) is 3.07. The highest BCUT2D eigenvalue weighted by Gasteiger charge is 2.31. The average molecular weight is 258 g/mol. The molecule has 19 heavy (non-hydrogen) atoms. The minimum atomic E-state index is 0.663. The summed E-state index contributed by atoms with van der Waals surface area (Å²) < 4.78 is 0. The van der Waals surface area contributed by atoms with Crippen molar-refractivity contribution in [1.29, 1.82) is 0 Å². The van der Waals surface area contributed by atoms with Gasteiger partial charge in [0.25, 0.3) is 0 Å². The Bertz CT molecular complexity index is 459. The Balaban J connectivity index is 1.66. The summed E-state index contributed by atoms with van der Waals surface area (Å²) in [7, 11) is 0. The van der Waals surface area contributed by atoms with Crippen LogP contribution in [0.5, 0.6) is 0 Å². The SMILES string of the molecule is c1nc(C2CC2)nc(C2CCC2)c1N1CCNCC1. The third-order valence-electron chi connectivity index (χ3n) is 4.71. The van der Waals surface area contributed by atoms with Gasteiger partial charge in [-0.05, 0) is 25.7 Å². The molecule has 0 amide bonds. The fraction of sp³-hybridized carbons (Fsp3) is 0.733. The Morgan fingerprint density at radius 2 is 1.84 bits per heavy atom. The smallest absolute Gasteiger partial charge is 0.131 e. The summed E-state index contributed by atoms with van der Waals surface area (Å²) >= 11 is 0. The number of hydrogen-bond acceptors (Lipinski definition) is 4. The van der Waals surface area contributed by atoms with Gasteiger partial charge >= 0.3 is 0 Å². The van der Waals surface area contributed by atoms with E-state index in [-0.39, 0.29) is 0 Å². The molecule has 3 fully saturated rings. The lowest BCUT2D eigenvalue weighted by atomic mass is 9.82. The quantitative estimate of drug-likeness (QED) is 0.900. The van der Waals surface area contributed by atoms with Crippen LogP contribution in [-0.2, 0) is 0 Å². The van der Waals surface area contributed by atoms with Crippen molar-refractivity contribution < 1.29 is 0 Å². The largest absolute Gasteiger partial charge is 0.366 e. The molecular weight excluding hydrogens is 236 g/mol. The molecule has 0 radical (unpaired) electrons. The predicted molar refractivity (Wildman–Crippen MR) is 75.7 cm³/mol. The number of hydrogen-bond donors (Lipinski definition) is 1. The summed E-state index contributed by atoms with van der Waals surface area (Å²) in [5.74, 6) is 2.47. The van der Waals surface area contributed by atoms with Gasteiger partial charge in [-0.15, -0.1) is 0 Å². The molecule has 0 atom stereocenters. The molecule has 1 aliphatic heterocycles. The number of piperazine rings is 1. The summed E-state index contributed by atoms with van der Waals surface area (Å²) in [6, 6.07) is 0. The monoisotopic (exact) mass is 258 g/mol. The number of anilines is 1. The van der Waals surface area contributed by atoms with Gasteiger partial charge in [0.05, 0.1) is 17.6 Å². The van der Waals surface area contributed by atoms with Gasteiger partial charge < -0.3 is 10.2 Å². The van der Waals surface area contributed by atoms with Gasteiger partial charge in [0.1, 0.15) is 5.82 Å². The molecule has 0 spiro atoms. The highest BCUT2D eigenvalue weighted by Crippen LogP contribution is 2.43. The molecule has 4 heteroatoms. The van der Waals surface area contributed by atoms with Gasteiger partial charge in [0, 0.05) is 38.0 Å². The van der Waals surface area contributed by atoms with Crippen LogP contribution in [0.2, 0.25) is 0 Å². The van der Waals surface area contributed by atoms with Crippen LogP contribution in [0.4, 0.5) is 5.69 Å². The van der Waals surface area contributed by atoms with E-state index in [9.17, 15) is 0 Å². The Kier molecular flexibility index (Phi) is 2.91. The average Bonchev–Trinajstić information content (AvgIpc) is 3.22. The second kappa shape index (κ2) is 4.75. The van der Waals surface area contributed by atoms with E-state index in [1.165, 1.54) is 43.5 Å². The number of nitrogens with zero attached hydrogens (tertiary/aromatic N) is 3. The third kappa shape index (κ3) is 2.22. The van der Waals surface area contributed by atoms with E-state index in [1.807, 2.05) is 0 Å². The molecule has 0 unspecified atom stereocenters. The highest BCUT2D eigenvalue weighted by molar-refractivity contribution is 5.52. The topological polar surface area (TPSA) is 41.1 Å². The molecular formula is C15H22N4. The van der Waals surface area contributed by atoms with Gasteiger partial charge in [-0.1, -0.05) is 6.42 Å². The molecule has 4 rings (SSSR count). The number of rotatable bonds is 3. The van der Waals surface area contributed by atoms with Crippen LogP contribution >= 0.6 is 0 Å². The minimum Gasteiger partial charge on any atom is -0.366 e. The van der Waals surface area contributed by atoms with Gasteiger partial charge in [-0.2, -0.15) is 0 Å². The summed E-state index contributed by atoms with van der Waals surface area (Å²) in [5.41, 5.74) is 2.67. The Labute approximate surface area is 114 Å².